The molecule has 1 saturated heterocycles. The Morgan fingerprint density at radius 3 is 2.76 bits per heavy atom. The summed E-state index contributed by atoms with van der Waals surface area (Å²) in [7, 11) is 0. The number of aryl methyl sites for hydroxylation is 1. The van der Waals surface area contributed by atoms with Crippen LogP contribution in [0.5, 0.6) is 0 Å². The average Bonchev–Trinajstić information content (AvgIpc) is 2.39. The highest BCUT2D eigenvalue weighted by molar-refractivity contribution is 5.88. The van der Waals surface area contributed by atoms with Crippen LogP contribution in [0.3, 0.4) is 0 Å². The standard InChI is InChI=1S/C13H16N4/c1-10-15-12-9-14-6-5-11(12)13(16-10)17-7-3-2-4-8-17/h5-6,9H,2-4,7-8H2,1H3. The SMILES string of the molecule is Cc1nc(N2CCCCC2)c2ccncc2n1. The minimum absolute atomic E-state index is 0.825. The van der Waals surface area contributed by atoms with Crippen LogP contribution in [0.15, 0.2) is 18.5 Å². The van der Waals surface area contributed by atoms with Gasteiger partial charge in [-0.2, -0.15) is 0 Å². The van der Waals surface area contributed by atoms with Gasteiger partial charge >= 0.3 is 0 Å². The van der Waals surface area contributed by atoms with Crippen LogP contribution in [0.2, 0.25) is 0 Å². The Bertz CT molecular complexity index is 532. The average molecular weight is 228 g/mol. The third-order valence-corrected chi connectivity index (χ3v) is 3.25. The lowest BCUT2D eigenvalue weighted by Gasteiger charge is -2.28. The number of anilines is 1. The molecule has 88 valence electrons. The molecule has 3 heterocycles. The minimum Gasteiger partial charge on any atom is -0.356 e. The zero-order valence-electron chi connectivity index (χ0n) is 10.1. The van der Waals surface area contributed by atoms with Crippen molar-refractivity contribution in [2.24, 2.45) is 0 Å². The van der Waals surface area contributed by atoms with Gasteiger partial charge in [0, 0.05) is 24.7 Å². The first-order valence-electron chi connectivity index (χ1n) is 6.18. The molecule has 1 fully saturated rings. The quantitative estimate of drug-likeness (QED) is 0.751. The van der Waals surface area contributed by atoms with Gasteiger partial charge in [0.25, 0.3) is 0 Å². The Kier molecular flexibility index (Phi) is 2.63. The Hall–Kier alpha value is -1.71. The van der Waals surface area contributed by atoms with Gasteiger partial charge in [0.1, 0.15) is 11.6 Å². The summed E-state index contributed by atoms with van der Waals surface area (Å²) >= 11 is 0. The summed E-state index contributed by atoms with van der Waals surface area (Å²) in [5.74, 6) is 1.90. The van der Waals surface area contributed by atoms with Crippen molar-refractivity contribution in [3.8, 4) is 0 Å². The molecule has 0 aromatic carbocycles. The molecule has 2 aromatic rings. The normalized spacial score (nSPS) is 16.4. The molecule has 3 rings (SSSR count). The molecule has 0 unspecified atom stereocenters. The first-order valence-corrected chi connectivity index (χ1v) is 6.18. The Balaban J connectivity index is 2.13. The lowest BCUT2D eigenvalue weighted by atomic mass is 10.1. The number of pyridine rings is 1. The minimum atomic E-state index is 0.825. The van der Waals surface area contributed by atoms with Crippen LogP contribution >= 0.6 is 0 Å². The zero-order valence-corrected chi connectivity index (χ0v) is 10.1. The van der Waals surface area contributed by atoms with Crippen molar-refractivity contribution in [3.63, 3.8) is 0 Å². The van der Waals surface area contributed by atoms with Crippen molar-refractivity contribution in [3.05, 3.63) is 24.3 Å². The highest BCUT2D eigenvalue weighted by Gasteiger charge is 2.15. The summed E-state index contributed by atoms with van der Waals surface area (Å²) in [4.78, 5) is 15.5. The summed E-state index contributed by atoms with van der Waals surface area (Å²) in [6.07, 6.45) is 7.48. The monoisotopic (exact) mass is 228 g/mol. The maximum absolute atomic E-state index is 4.61. The molecule has 0 N–H and O–H groups in total. The van der Waals surface area contributed by atoms with Gasteiger partial charge in [-0.1, -0.05) is 0 Å². The van der Waals surface area contributed by atoms with Crippen LogP contribution in [-0.4, -0.2) is 28.0 Å². The molecule has 1 aliphatic heterocycles. The van der Waals surface area contributed by atoms with Crippen LogP contribution in [-0.2, 0) is 0 Å². The van der Waals surface area contributed by atoms with Crippen molar-refractivity contribution < 1.29 is 0 Å². The molecule has 0 atom stereocenters. The van der Waals surface area contributed by atoms with Crippen LogP contribution in [0, 0.1) is 6.92 Å². The van der Waals surface area contributed by atoms with Gasteiger partial charge in [0.15, 0.2) is 0 Å². The number of aromatic nitrogens is 3. The molecule has 4 heteroatoms. The smallest absolute Gasteiger partial charge is 0.140 e. The van der Waals surface area contributed by atoms with Crippen LogP contribution in [0.4, 0.5) is 5.82 Å². The predicted molar refractivity (Wildman–Crippen MR) is 68.1 cm³/mol. The third kappa shape index (κ3) is 1.95. The van der Waals surface area contributed by atoms with E-state index in [0.717, 1.165) is 35.6 Å². The second kappa shape index (κ2) is 4.28. The lowest BCUT2D eigenvalue weighted by Crippen LogP contribution is -2.30. The topological polar surface area (TPSA) is 41.9 Å². The Morgan fingerprint density at radius 2 is 1.94 bits per heavy atom. The highest BCUT2D eigenvalue weighted by Crippen LogP contribution is 2.25. The zero-order chi connectivity index (χ0) is 11.7. The number of hydrogen-bond donors (Lipinski definition) is 0. The van der Waals surface area contributed by atoms with Gasteiger partial charge in [-0.3, -0.25) is 4.98 Å². The third-order valence-electron chi connectivity index (χ3n) is 3.25. The summed E-state index contributed by atoms with van der Waals surface area (Å²) in [6.45, 7) is 4.15. The molecule has 17 heavy (non-hydrogen) atoms. The molecule has 0 spiro atoms. The number of rotatable bonds is 1. The van der Waals surface area contributed by atoms with Gasteiger partial charge in [-0.25, -0.2) is 9.97 Å². The van der Waals surface area contributed by atoms with Gasteiger partial charge in [0.05, 0.1) is 11.7 Å². The van der Waals surface area contributed by atoms with E-state index in [4.69, 9.17) is 0 Å². The fraction of sp³-hybridized carbons (Fsp3) is 0.462. The van der Waals surface area contributed by atoms with E-state index in [1.165, 1.54) is 19.3 Å². The Labute approximate surface area is 101 Å². The second-order valence-electron chi connectivity index (χ2n) is 4.53. The van der Waals surface area contributed by atoms with E-state index in [1.54, 1.807) is 0 Å². The van der Waals surface area contributed by atoms with Crippen LogP contribution in [0.1, 0.15) is 25.1 Å². The fourth-order valence-corrected chi connectivity index (χ4v) is 2.42. The summed E-state index contributed by atoms with van der Waals surface area (Å²) in [5.41, 5.74) is 0.945. The largest absolute Gasteiger partial charge is 0.356 e. The Morgan fingerprint density at radius 1 is 1.12 bits per heavy atom. The van der Waals surface area contributed by atoms with E-state index in [-0.39, 0.29) is 0 Å². The number of nitrogens with zero attached hydrogens (tertiary/aromatic N) is 4. The maximum Gasteiger partial charge on any atom is 0.140 e. The van der Waals surface area contributed by atoms with E-state index >= 15 is 0 Å². The van der Waals surface area contributed by atoms with E-state index in [1.807, 2.05) is 25.4 Å². The highest BCUT2D eigenvalue weighted by atomic mass is 15.2. The molecule has 0 aliphatic carbocycles. The lowest BCUT2D eigenvalue weighted by molar-refractivity contribution is 0.574. The van der Waals surface area contributed by atoms with Crippen molar-refractivity contribution >= 4 is 16.7 Å². The molecule has 0 amide bonds. The van der Waals surface area contributed by atoms with E-state index in [2.05, 4.69) is 19.9 Å². The van der Waals surface area contributed by atoms with Gasteiger partial charge < -0.3 is 4.90 Å². The van der Waals surface area contributed by atoms with Crippen molar-refractivity contribution in [2.45, 2.75) is 26.2 Å². The van der Waals surface area contributed by atoms with Gasteiger partial charge in [0.2, 0.25) is 0 Å². The fourth-order valence-electron chi connectivity index (χ4n) is 2.42. The molecule has 1 aliphatic rings. The molecule has 2 aromatic heterocycles. The molecule has 0 saturated carbocycles. The predicted octanol–water partition coefficient (Wildman–Crippen LogP) is 2.32. The van der Waals surface area contributed by atoms with Crippen LogP contribution < -0.4 is 4.90 Å². The molecule has 0 radical (unpaired) electrons. The van der Waals surface area contributed by atoms with E-state index < -0.39 is 0 Å². The van der Waals surface area contributed by atoms with Crippen molar-refractivity contribution in [1.29, 1.82) is 0 Å². The van der Waals surface area contributed by atoms with Crippen molar-refractivity contribution in [1.82, 2.24) is 15.0 Å². The summed E-state index contributed by atoms with van der Waals surface area (Å²) in [6, 6.07) is 2.01. The number of fused-ring (bicyclic) bond motifs is 1. The molecular weight excluding hydrogens is 212 g/mol. The number of hydrogen-bond acceptors (Lipinski definition) is 4. The second-order valence-corrected chi connectivity index (χ2v) is 4.53. The van der Waals surface area contributed by atoms with Gasteiger partial charge in [-0.15, -0.1) is 0 Å². The van der Waals surface area contributed by atoms with Crippen molar-refractivity contribution in [2.75, 3.05) is 18.0 Å². The number of piperidine rings is 1. The van der Waals surface area contributed by atoms with E-state index in [0.29, 0.717) is 0 Å². The molecule has 4 nitrogen and oxygen atoms in total. The molecule has 0 bridgehead atoms. The summed E-state index contributed by atoms with van der Waals surface area (Å²) < 4.78 is 0. The maximum atomic E-state index is 4.61. The summed E-state index contributed by atoms with van der Waals surface area (Å²) in [5, 5.41) is 1.12. The van der Waals surface area contributed by atoms with E-state index in [9.17, 15) is 0 Å². The van der Waals surface area contributed by atoms with Gasteiger partial charge in [-0.05, 0) is 32.3 Å². The first kappa shape index (κ1) is 10.4. The molecular formula is C13H16N4. The first-order chi connectivity index (χ1) is 8.34. The van der Waals surface area contributed by atoms with Crippen LogP contribution in [0.25, 0.3) is 10.9 Å².